The first-order chi connectivity index (χ1) is 12.4. The molecule has 1 heterocycles. The minimum atomic E-state index is -0.471. The van der Waals surface area contributed by atoms with Crippen molar-refractivity contribution in [1.82, 2.24) is 4.90 Å². The Morgan fingerprint density at radius 2 is 1.77 bits per heavy atom. The van der Waals surface area contributed by atoms with Gasteiger partial charge in [-0.1, -0.05) is 43.7 Å². The third-order valence-corrected chi connectivity index (χ3v) is 5.05. The Labute approximate surface area is 155 Å². The third-order valence-electron chi connectivity index (χ3n) is 5.05. The van der Waals surface area contributed by atoms with E-state index >= 15 is 0 Å². The summed E-state index contributed by atoms with van der Waals surface area (Å²) < 4.78 is 0. The molecule has 0 unspecified atom stereocenters. The summed E-state index contributed by atoms with van der Waals surface area (Å²) >= 11 is 0. The molecule has 4 heteroatoms. The lowest BCUT2D eigenvalue weighted by molar-refractivity contribution is -0.124. The van der Waals surface area contributed by atoms with E-state index in [4.69, 9.17) is 0 Å². The second-order valence-electron chi connectivity index (χ2n) is 7.28. The molecule has 0 bridgehead atoms. The molecule has 0 saturated carbocycles. The Bertz CT molecular complexity index is 811. The lowest BCUT2D eigenvalue weighted by Gasteiger charge is -2.39. The number of benzene rings is 2. The molecule has 136 valence electrons. The summed E-state index contributed by atoms with van der Waals surface area (Å²) in [7, 11) is 0. The van der Waals surface area contributed by atoms with Gasteiger partial charge in [-0.25, -0.2) is 0 Å². The van der Waals surface area contributed by atoms with Gasteiger partial charge in [0, 0.05) is 24.3 Å². The van der Waals surface area contributed by atoms with Crippen LogP contribution >= 0.6 is 0 Å². The van der Waals surface area contributed by atoms with Gasteiger partial charge in [0.15, 0.2) is 0 Å². The summed E-state index contributed by atoms with van der Waals surface area (Å²) in [4.78, 5) is 29.2. The molecule has 1 aliphatic heterocycles. The number of aryl methyl sites for hydroxylation is 1. The molecule has 4 nitrogen and oxygen atoms in total. The van der Waals surface area contributed by atoms with E-state index in [1.807, 2.05) is 50.2 Å². The number of nitrogens with zero attached hydrogens (tertiary/aromatic N) is 2. The van der Waals surface area contributed by atoms with E-state index in [0.29, 0.717) is 24.6 Å². The molecular formula is C22H26N2O2. The van der Waals surface area contributed by atoms with Gasteiger partial charge in [-0.3, -0.25) is 9.59 Å². The average Bonchev–Trinajstić information content (AvgIpc) is 2.63. The summed E-state index contributed by atoms with van der Waals surface area (Å²) in [6.07, 6.45) is 0. The molecule has 1 aliphatic rings. The van der Waals surface area contributed by atoms with Crippen LogP contribution < -0.4 is 4.90 Å². The van der Waals surface area contributed by atoms with Crippen LogP contribution in [0.4, 0.5) is 5.69 Å². The molecule has 2 aromatic rings. The highest BCUT2D eigenvalue weighted by atomic mass is 16.2. The first-order valence-electron chi connectivity index (χ1n) is 9.17. The fourth-order valence-electron chi connectivity index (χ4n) is 3.39. The number of hydrogen-bond acceptors (Lipinski definition) is 2. The van der Waals surface area contributed by atoms with Crippen LogP contribution in [0.5, 0.6) is 0 Å². The maximum atomic E-state index is 12.9. The van der Waals surface area contributed by atoms with Crippen LogP contribution in [0.1, 0.15) is 48.2 Å². The zero-order valence-corrected chi connectivity index (χ0v) is 15.9. The van der Waals surface area contributed by atoms with Crippen LogP contribution in [0, 0.1) is 6.92 Å². The van der Waals surface area contributed by atoms with Gasteiger partial charge in [-0.2, -0.15) is 0 Å². The van der Waals surface area contributed by atoms with Crippen LogP contribution in [0.15, 0.2) is 48.5 Å². The van der Waals surface area contributed by atoms with Crippen molar-refractivity contribution >= 4 is 17.5 Å². The van der Waals surface area contributed by atoms with E-state index in [1.54, 1.807) is 9.80 Å². The van der Waals surface area contributed by atoms with Crippen molar-refractivity contribution < 1.29 is 9.59 Å². The van der Waals surface area contributed by atoms with Crippen molar-refractivity contribution in [2.45, 2.75) is 39.7 Å². The Hall–Kier alpha value is -2.62. The monoisotopic (exact) mass is 350 g/mol. The molecule has 26 heavy (non-hydrogen) atoms. The Morgan fingerprint density at radius 1 is 1.08 bits per heavy atom. The summed E-state index contributed by atoms with van der Waals surface area (Å²) in [6, 6.07) is 15.2. The highest BCUT2D eigenvalue weighted by Gasteiger charge is 2.35. The summed E-state index contributed by atoms with van der Waals surface area (Å²) in [5.74, 6) is 0.348. The fraction of sp³-hybridized carbons (Fsp3) is 0.364. The normalized spacial score (nSPS) is 17.7. The molecule has 1 atom stereocenters. The molecule has 0 N–H and O–H groups in total. The molecule has 3 rings (SSSR count). The molecule has 1 saturated heterocycles. The molecule has 2 amide bonds. The standard InChI is InChI=1S/C22H26N2O2/c1-15(2)18-8-10-20(11-9-18)24-13-12-23(17(4)21(24)25)22(26)19-7-5-6-16(3)14-19/h5-11,14-15,17H,12-13H2,1-4H3/t17-/m1/s1. The number of carbonyl (C=O) groups excluding carboxylic acids is 2. The predicted octanol–water partition coefficient (Wildman–Crippen LogP) is 4.00. The van der Waals surface area contributed by atoms with E-state index in [-0.39, 0.29) is 11.8 Å². The maximum Gasteiger partial charge on any atom is 0.254 e. The van der Waals surface area contributed by atoms with Crippen molar-refractivity contribution in [2.24, 2.45) is 0 Å². The zero-order valence-electron chi connectivity index (χ0n) is 15.9. The van der Waals surface area contributed by atoms with E-state index < -0.39 is 6.04 Å². The molecule has 2 aromatic carbocycles. The second-order valence-corrected chi connectivity index (χ2v) is 7.28. The van der Waals surface area contributed by atoms with Crippen LogP contribution in [-0.2, 0) is 4.79 Å². The summed E-state index contributed by atoms with van der Waals surface area (Å²) in [5, 5.41) is 0. The van der Waals surface area contributed by atoms with Gasteiger partial charge in [0.1, 0.15) is 6.04 Å². The van der Waals surface area contributed by atoms with Gasteiger partial charge in [0.2, 0.25) is 5.91 Å². The predicted molar refractivity (Wildman–Crippen MR) is 105 cm³/mol. The van der Waals surface area contributed by atoms with E-state index in [9.17, 15) is 9.59 Å². The molecule has 1 fully saturated rings. The minimum Gasteiger partial charge on any atom is -0.325 e. The topological polar surface area (TPSA) is 40.6 Å². The lowest BCUT2D eigenvalue weighted by atomic mass is 10.0. The Balaban J connectivity index is 1.77. The first kappa shape index (κ1) is 18.2. The highest BCUT2D eigenvalue weighted by molar-refractivity contribution is 6.03. The number of carbonyl (C=O) groups is 2. The van der Waals surface area contributed by atoms with Gasteiger partial charge in [0.25, 0.3) is 5.91 Å². The van der Waals surface area contributed by atoms with E-state index in [0.717, 1.165) is 11.3 Å². The van der Waals surface area contributed by atoms with Gasteiger partial charge in [-0.05, 0) is 49.6 Å². The van der Waals surface area contributed by atoms with Crippen molar-refractivity contribution in [2.75, 3.05) is 18.0 Å². The number of hydrogen-bond donors (Lipinski definition) is 0. The second kappa shape index (κ2) is 7.32. The third kappa shape index (κ3) is 3.50. The Morgan fingerprint density at radius 3 is 2.38 bits per heavy atom. The fourth-order valence-corrected chi connectivity index (χ4v) is 3.39. The van der Waals surface area contributed by atoms with Gasteiger partial charge in [0.05, 0.1) is 0 Å². The summed E-state index contributed by atoms with van der Waals surface area (Å²) in [5.41, 5.74) is 3.83. The van der Waals surface area contributed by atoms with E-state index in [2.05, 4.69) is 26.0 Å². The lowest BCUT2D eigenvalue weighted by Crippen LogP contribution is -2.57. The Kier molecular flexibility index (Phi) is 5.12. The highest BCUT2D eigenvalue weighted by Crippen LogP contribution is 2.24. The molecular weight excluding hydrogens is 324 g/mol. The van der Waals surface area contributed by atoms with Crippen LogP contribution in [0.25, 0.3) is 0 Å². The molecule has 0 radical (unpaired) electrons. The van der Waals surface area contributed by atoms with Gasteiger partial charge < -0.3 is 9.80 Å². The number of amides is 2. The molecule has 0 aromatic heterocycles. The van der Waals surface area contributed by atoms with Crippen molar-refractivity contribution in [1.29, 1.82) is 0 Å². The molecule has 0 spiro atoms. The average molecular weight is 350 g/mol. The first-order valence-corrected chi connectivity index (χ1v) is 9.17. The molecule has 0 aliphatic carbocycles. The number of anilines is 1. The van der Waals surface area contributed by atoms with Crippen LogP contribution in [-0.4, -0.2) is 35.8 Å². The maximum absolute atomic E-state index is 12.9. The van der Waals surface area contributed by atoms with E-state index in [1.165, 1.54) is 5.56 Å². The zero-order chi connectivity index (χ0) is 18.8. The number of rotatable bonds is 3. The van der Waals surface area contributed by atoms with Gasteiger partial charge in [-0.15, -0.1) is 0 Å². The van der Waals surface area contributed by atoms with Crippen LogP contribution in [0.3, 0.4) is 0 Å². The van der Waals surface area contributed by atoms with Crippen LogP contribution in [0.2, 0.25) is 0 Å². The van der Waals surface area contributed by atoms with Crippen molar-refractivity contribution in [3.63, 3.8) is 0 Å². The number of piperazine rings is 1. The SMILES string of the molecule is Cc1cccc(C(=O)N2CCN(c3ccc(C(C)C)cc3)C(=O)[C@H]2C)c1. The largest absolute Gasteiger partial charge is 0.325 e. The smallest absolute Gasteiger partial charge is 0.254 e. The van der Waals surface area contributed by atoms with Crippen molar-refractivity contribution in [3.8, 4) is 0 Å². The minimum absolute atomic E-state index is 0.0328. The quantitative estimate of drug-likeness (QED) is 0.840. The van der Waals surface area contributed by atoms with Gasteiger partial charge >= 0.3 is 0 Å². The summed E-state index contributed by atoms with van der Waals surface area (Å²) in [6.45, 7) is 9.12. The van der Waals surface area contributed by atoms with Crippen molar-refractivity contribution in [3.05, 3.63) is 65.2 Å².